The smallest absolute Gasteiger partial charge is 0.00684 e. The summed E-state index contributed by atoms with van der Waals surface area (Å²) in [7, 11) is 0. The summed E-state index contributed by atoms with van der Waals surface area (Å²) in [5, 5.41) is 3.76. The maximum Gasteiger partial charge on any atom is 0.00684 e. The molecule has 96 valence electrons. The van der Waals surface area contributed by atoms with Crippen molar-refractivity contribution in [1.29, 1.82) is 0 Å². The van der Waals surface area contributed by atoms with Gasteiger partial charge in [0.15, 0.2) is 0 Å². The van der Waals surface area contributed by atoms with Gasteiger partial charge in [-0.2, -0.15) is 0 Å². The number of rotatable bonds is 10. The highest BCUT2D eigenvalue weighted by Crippen LogP contribution is 2.34. The minimum absolute atomic E-state index is 0.604. The Morgan fingerprint density at radius 1 is 1.00 bits per heavy atom. The molecule has 1 unspecified atom stereocenters. The Bertz CT molecular complexity index is 174. The highest BCUT2D eigenvalue weighted by Gasteiger charge is 2.29. The van der Waals surface area contributed by atoms with Gasteiger partial charge in [-0.3, -0.25) is 0 Å². The Labute approximate surface area is 102 Å². The lowest BCUT2D eigenvalue weighted by Crippen LogP contribution is -2.35. The molecule has 1 fully saturated rings. The van der Waals surface area contributed by atoms with Crippen molar-refractivity contribution < 1.29 is 0 Å². The second-order valence-electron chi connectivity index (χ2n) is 5.72. The van der Waals surface area contributed by atoms with Gasteiger partial charge in [0.2, 0.25) is 0 Å². The largest absolute Gasteiger partial charge is 0.313 e. The number of hydrogen-bond donors (Lipinski definition) is 1. The van der Waals surface area contributed by atoms with Crippen molar-refractivity contribution in [3.63, 3.8) is 0 Å². The first kappa shape index (κ1) is 14.0. The fraction of sp³-hybridized carbons (Fsp3) is 1.00. The summed E-state index contributed by atoms with van der Waals surface area (Å²) in [6.07, 6.45) is 12.6. The van der Waals surface area contributed by atoms with Gasteiger partial charge >= 0.3 is 0 Å². The van der Waals surface area contributed by atoms with Crippen LogP contribution in [0, 0.1) is 5.41 Å². The zero-order valence-corrected chi connectivity index (χ0v) is 11.6. The topological polar surface area (TPSA) is 12.0 Å². The second kappa shape index (κ2) is 7.32. The van der Waals surface area contributed by atoms with Gasteiger partial charge in [0, 0.05) is 12.6 Å². The molecule has 0 saturated heterocycles. The van der Waals surface area contributed by atoms with Crippen LogP contribution in [0.2, 0.25) is 0 Å². The summed E-state index contributed by atoms with van der Waals surface area (Å²) in [5.74, 6) is 0. The van der Waals surface area contributed by atoms with E-state index in [9.17, 15) is 0 Å². The minimum atomic E-state index is 0.604. The number of nitrogens with one attached hydrogen (secondary N) is 1. The van der Waals surface area contributed by atoms with Crippen molar-refractivity contribution >= 4 is 0 Å². The molecule has 1 nitrogen and oxygen atoms in total. The predicted molar refractivity (Wildman–Crippen MR) is 72.8 cm³/mol. The predicted octanol–water partition coefficient (Wildman–Crippen LogP) is 4.52. The van der Waals surface area contributed by atoms with Crippen molar-refractivity contribution in [1.82, 2.24) is 5.32 Å². The van der Waals surface area contributed by atoms with Crippen LogP contribution in [0.4, 0.5) is 0 Å². The van der Waals surface area contributed by atoms with Crippen LogP contribution in [0.1, 0.15) is 78.6 Å². The summed E-state index contributed by atoms with van der Waals surface area (Å²) in [6.45, 7) is 8.29. The van der Waals surface area contributed by atoms with E-state index in [4.69, 9.17) is 0 Å². The highest BCUT2D eigenvalue weighted by molar-refractivity contribution is 4.87. The number of hydrogen-bond acceptors (Lipinski definition) is 1. The monoisotopic (exact) mass is 225 g/mol. The second-order valence-corrected chi connectivity index (χ2v) is 5.72. The van der Waals surface area contributed by atoms with Crippen LogP contribution in [-0.4, -0.2) is 12.6 Å². The summed E-state index contributed by atoms with van der Waals surface area (Å²) in [5.41, 5.74) is 0.604. The highest BCUT2D eigenvalue weighted by atomic mass is 15.0. The molecule has 0 aromatic rings. The lowest BCUT2D eigenvalue weighted by molar-refractivity contribution is 0.208. The zero-order valence-electron chi connectivity index (χ0n) is 11.6. The van der Waals surface area contributed by atoms with E-state index in [0.717, 1.165) is 6.04 Å². The van der Waals surface area contributed by atoms with E-state index in [1.165, 1.54) is 64.3 Å². The molecule has 16 heavy (non-hydrogen) atoms. The van der Waals surface area contributed by atoms with Crippen LogP contribution in [0.15, 0.2) is 0 Å². The molecule has 1 atom stereocenters. The van der Waals surface area contributed by atoms with E-state index in [1.807, 2.05) is 0 Å². The van der Waals surface area contributed by atoms with Gasteiger partial charge in [-0.05, 0) is 37.5 Å². The van der Waals surface area contributed by atoms with Gasteiger partial charge in [-0.15, -0.1) is 0 Å². The third-order valence-corrected chi connectivity index (χ3v) is 4.18. The van der Waals surface area contributed by atoms with Crippen molar-refractivity contribution in [3.8, 4) is 0 Å². The van der Waals surface area contributed by atoms with E-state index in [2.05, 4.69) is 26.1 Å². The van der Waals surface area contributed by atoms with Crippen LogP contribution < -0.4 is 5.32 Å². The van der Waals surface area contributed by atoms with Gasteiger partial charge in [0.25, 0.3) is 0 Å². The van der Waals surface area contributed by atoms with E-state index >= 15 is 0 Å². The molecule has 1 N–H and O–H groups in total. The Kier molecular flexibility index (Phi) is 6.41. The Morgan fingerprint density at radius 2 is 1.75 bits per heavy atom. The lowest BCUT2D eigenvalue weighted by atomic mass is 9.76. The third kappa shape index (κ3) is 4.86. The fourth-order valence-corrected chi connectivity index (χ4v) is 2.71. The first-order valence-electron chi connectivity index (χ1n) is 7.49. The average molecular weight is 225 g/mol. The van der Waals surface area contributed by atoms with Gasteiger partial charge in [-0.25, -0.2) is 0 Å². The zero-order chi connectivity index (χ0) is 11.9. The molecule has 1 saturated carbocycles. The molecule has 0 aliphatic heterocycles. The van der Waals surface area contributed by atoms with Gasteiger partial charge in [-0.1, -0.05) is 46.5 Å². The van der Waals surface area contributed by atoms with Crippen LogP contribution >= 0.6 is 0 Å². The van der Waals surface area contributed by atoms with Crippen LogP contribution in [0.5, 0.6) is 0 Å². The van der Waals surface area contributed by atoms with Gasteiger partial charge in [0.1, 0.15) is 0 Å². The van der Waals surface area contributed by atoms with Crippen molar-refractivity contribution in [2.45, 2.75) is 84.6 Å². The minimum Gasteiger partial charge on any atom is -0.313 e. The summed E-state index contributed by atoms with van der Waals surface area (Å²) in [4.78, 5) is 0. The van der Waals surface area contributed by atoms with Crippen molar-refractivity contribution in [2.24, 2.45) is 5.41 Å². The molecule has 0 aromatic heterocycles. The molecule has 1 heteroatoms. The SMILES string of the molecule is CCCCCC(CC)(CCC)CNC1CC1. The quantitative estimate of drug-likeness (QED) is 0.539. The molecule has 0 bridgehead atoms. The maximum atomic E-state index is 3.76. The Hall–Kier alpha value is -0.0400. The molecule has 1 rings (SSSR count). The van der Waals surface area contributed by atoms with Crippen molar-refractivity contribution in [2.75, 3.05) is 6.54 Å². The standard InChI is InChI=1S/C15H31N/c1-4-7-8-12-15(6-3,11-5-2)13-16-14-9-10-14/h14,16H,4-13H2,1-3H3. The average Bonchev–Trinajstić information content (AvgIpc) is 3.10. The van der Waals surface area contributed by atoms with Crippen LogP contribution in [0.25, 0.3) is 0 Å². The Morgan fingerprint density at radius 3 is 2.25 bits per heavy atom. The third-order valence-electron chi connectivity index (χ3n) is 4.18. The molecule has 0 radical (unpaired) electrons. The van der Waals surface area contributed by atoms with Crippen molar-refractivity contribution in [3.05, 3.63) is 0 Å². The molecule has 1 aliphatic carbocycles. The molecular weight excluding hydrogens is 194 g/mol. The van der Waals surface area contributed by atoms with Gasteiger partial charge < -0.3 is 5.32 Å². The molecule has 0 heterocycles. The lowest BCUT2D eigenvalue weighted by Gasteiger charge is -2.33. The van der Waals surface area contributed by atoms with E-state index in [0.29, 0.717) is 5.41 Å². The molecule has 0 aromatic carbocycles. The van der Waals surface area contributed by atoms with E-state index in [1.54, 1.807) is 0 Å². The Balaban J connectivity index is 2.35. The van der Waals surface area contributed by atoms with Crippen LogP contribution in [-0.2, 0) is 0 Å². The molecule has 0 spiro atoms. The molecule has 0 amide bonds. The molecule has 1 aliphatic rings. The van der Waals surface area contributed by atoms with Crippen LogP contribution in [0.3, 0.4) is 0 Å². The number of unbranched alkanes of at least 4 members (excludes halogenated alkanes) is 2. The van der Waals surface area contributed by atoms with Gasteiger partial charge in [0.05, 0.1) is 0 Å². The maximum absolute atomic E-state index is 3.76. The fourth-order valence-electron chi connectivity index (χ4n) is 2.71. The first-order chi connectivity index (χ1) is 7.76. The summed E-state index contributed by atoms with van der Waals surface area (Å²) < 4.78 is 0. The molecular formula is C15H31N. The summed E-state index contributed by atoms with van der Waals surface area (Å²) in [6, 6.07) is 0.869. The van der Waals surface area contributed by atoms with E-state index < -0.39 is 0 Å². The van der Waals surface area contributed by atoms with E-state index in [-0.39, 0.29) is 0 Å². The normalized spacial score (nSPS) is 19.7. The summed E-state index contributed by atoms with van der Waals surface area (Å²) >= 11 is 0. The first-order valence-corrected chi connectivity index (χ1v) is 7.49.